The summed E-state index contributed by atoms with van der Waals surface area (Å²) in [6.07, 6.45) is 1.14. The molecule has 2 heteroatoms. The Kier molecular flexibility index (Phi) is 3.76. The zero-order valence-corrected chi connectivity index (χ0v) is 8.27. The van der Waals surface area contributed by atoms with Crippen LogP contribution in [0.4, 0.5) is 0 Å². The predicted molar refractivity (Wildman–Crippen MR) is 53.3 cm³/mol. The lowest BCUT2D eigenvalue weighted by Crippen LogP contribution is -2.57. The van der Waals surface area contributed by atoms with Crippen LogP contribution in [0.3, 0.4) is 0 Å². The van der Waals surface area contributed by atoms with Crippen molar-refractivity contribution >= 4 is 0 Å². The van der Waals surface area contributed by atoms with Crippen LogP contribution in [0.1, 0.15) is 20.3 Å². The highest BCUT2D eigenvalue weighted by atomic mass is 15.2. The van der Waals surface area contributed by atoms with Crippen LogP contribution in [-0.2, 0) is 0 Å². The Morgan fingerprint density at radius 2 is 2.25 bits per heavy atom. The number of rotatable bonds is 5. The van der Waals surface area contributed by atoms with E-state index in [4.69, 9.17) is 0 Å². The average Bonchev–Trinajstić information content (AvgIpc) is 1.93. The Labute approximate surface area is 75.6 Å². The molecule has 2 nitrogen and oxygen atoms in total. The third kappa shape index (κ3) is 2.61. The van der Waals surface area contributed by atoms with E-state index in [9.17, 15) is 0 Å². The van der Waals surface area contributed by atoms with Gasteiger partial charge in [-0.3, -0.25) is 4.90 Å². The van der Waals surface area contributed by atoms with Crippen LogP contribution in [0.2, 0.25) is 0 Å². The summed E-state index contributed by atoms with van der Waals surface area (Å²) in [5, 5.41) is 3.30. The molecule has 12 heavy (non-hydrogen) atoms. The van der Waals surface area contributed by atoms with Gasteiger partial charge in [0.05, 0.1) is 0 Å². The summed E-state index contributed by atoms with van der Waals surface area (Å²) in [7, 11) is 0. The van der Waals surface area contributed by atoms with Crippen LogP contribution in [0.15, 0.2) is 12.2 Å². The van der Waals surface area contributed by atoms with E-state index < -0.39 is 0 Å². The van der Waals surface area contributed by atoms with Gasteiger partial charge < -0.3 is 5.32 Å². The average molecular weight is 168 g/mol. The molecule has 70 valence electrons. The fourth-order valence-electron chi connectivity index (χ4n) is 1.46. The summed E-state index contributed by atoms with van der Waals surface area (Å²) in [5.41, 5.74) is 1.29. The molecule has 1 aliphatic rings. The molecule has 1 N–H and O–H groups in total. The quantitative estimate of drug-likeness (QED) is 0.621. The molecule has 0 aromatic heterocycles. The van der Waals surface area contributed by atoms with Gasteiger partial charge in [0.15, 0.2) is 0 Å². The maximum Gasteiger partial charge on any atom is 0.0345 e. The van der Waals surface area contributed by atoms with Crippen molar-refractivity contribution in [1.82, 2.24) is 10.2 Å². The summed E-state index contributed by atoms with van der Waals surface area (Å²) in [6.45, 7) is 12.9. The normalized spacial score (nSPS) is 17.9. The van der Waals surface area contributed by atoms with Crippen LogP contribution in [-0.4, -0.2) is 37.1 Å². The molecule has 1 fully saturated rings. The minimum atomic E-state index is 0.786. The molecule has 0 amide bonds. The summed E-state index contributed by atoms with van der Waals surface area (Å²) in [6, 6.07) is 0.786. The highest BCUT2D eigenvalue weighted by Gasteiger charge is 2.22. The lowest BCUT2D eigenvalue weighted by Gasteiger charge is -2.37. The summed E-state index contributed by atoms with van der Waals surface area (Å²) < 4.78 is 0. The van der Waals surface area contributed by atoms with Crippen LogP contribution >= 0.6 is 0 Å². The molecular weight excluding hydrogens is 148 g/mol. The lowest BCUT2D eigenvalue weighted by atomic mass is 10.1. The zero-order chi connectivity index (χ0) is 8.97. The SMILES string of the molecule is C=C(C)CCN(CC)C1CNC1. The minimum Gasteiger partial charge on any atom is -0.314 e. The number of nitrogens with zero attached hydrogens (tertiary/aromatic N) is 1. The topological polar surface area (TPSA) is 15.3 Å². The van der Waals surface area contributed by atoms with Crippen LogP contribution in [0.5, 0.6) is 0 Å². The van der Waals surface area contributed by atoms with Crippen molar-refractivity contribution in [3.05, 3.63) is 12.2 Å². The molecule has 0 aromatic rings. The Bertz CT molecular complexity index is 150. The number of hydrogen-bond acceptors (Lipinski definition) is 2. The second-order valence-corrected chi connectivity index (χ2v) is 3.65. The van der Waals surface area contributed by atoms with E-state index in [2.05, 4.69) is 30.6 Å². The lowest BCUT2D eigenvalue weighted by molar-refractivity contribution is 0.154. The van der Waals surface area contributed by atoms with Gasteiger partial charge in [-0.15, -0.1) is 6.58 Å². The van der Waals surface area contributed by atoms with Gasteiger partial charge in [0, 0.05) is 25.7 Å². The molecule has 1 rings (SSSR count). The standard InChI is InChI=1S/C10H20N2/c1-4-12(6-5-9(2)3)10-7-11-8-10/h10-11H,2,4-8H2,1,3H3. The minimum absolute atomic E-state index is 0.786. The molecule has 0 aromatic carbocycles. The molecule has 0 atom stereocenters. The van der Waals surface area contributed by atoms with E-state index >= 15 is 0 Å². The number of likely N-dealkylation sites (N-methyl/N-ethyl adjacent to an activating group) is 1. The molecule has 0 bridgehead atoms. The van der Waals surface area contributed by atoms with E-state index in [1.54, 1.807) is 0 Å². The number of hydrogen-bond donors (Lipinski definition) is 1. The molecule has 0 unspecified atom stereocenters. The number of nitrogens with one attached hydrogen (secondary N) is 1. The maximum absolute atomic E-state index is 3.92. The van der Waals surface area contributed by atoms with Crippen molar-refractivity contribution < 1.29 is 0 Å². The van der Waals surface area contributed by atoms with Crippen molar-refractivity contribution in [2.24, 2.45) is 0 Å². The van der Waals surface area contributed by atoms with Gasteiger partial charge in [-0.25, -0.2) is 0 Å². The van der Waals surface area contributed by atoms with E-state index in [-0.39, 0.29) is 0 Å². The summed E-state index contributed by atoms with van der Waals surface area (Å²) in [5.74, 6) is 0. The third-order valence-corrected chi connectivity index (χ3v) is 2.51. The fraction of sp³-hybridized carbons (Fsp3) is 0.800. The van der Waals surface area contributed by atoms with Crippen LogP contribution < -0.4 is 5.32 Å². The highest BCUT2D eigenvalue weighted by Crippen LogP contribution is 2.07. The molecule has 1 aliphatic heterocycles. The molecule has 0 aliphatic carbocycles. The first-order valence-electron chi connectivity index (χ1n) is 4.83. The predicted octanol–water partition coefficient (Wildman–Crippen LogP) is 1.25. The van der Waals surface area contributed by atoms with Gasteiger partial charge in [0.2, 0.25) is 0 Å². The first-order chi connectivity index (χ1) is 5.74. The second kappa shape index (κ2) is 4.63. The van der Waals surface area contributed by atoms with Gasteiger partial charge >= 0.3 is 0 Å². The largest absolute Gasteiger partial charge is 0.314 e. The Morgan fingerprint density at radius 1 is 1.58 bits per heavy atom. The zero-order valence-electron chi connectivity index (χ0n) is 8.27. The fourth-order valence-corrected chi connectivity index (χ4v) is 1.46. The van der Waals surface area contributed by atoms with E-state index in [1.807, 2.05) is 0 Å². The third-order valence-electron chi connectivity index (χ3n) is 2.51. The van der Waals surface area contributed by atoms with Gasteiger partial charge in [0.25, 0.3) is 0 Å². The first-order valence-corrected chi connectivity index (χ1v) is 4.83. The molecule has 0 saturated carbocycles. The van der Waals surface area contributed by atoms with Crippen LogP contribution in [0, 0.1) is 0 Å². The Morgan fingerprint density at radius 3 is 2.58 bits per heavy atom. The van der Waals surface area contributed by atoms with Gasteiger partial charge in [-0.1, -0.05) is 12.5 Å². The summed E-state index contributed by atoms with van der Waals surface area (Å²) in [4.78, 5) is 2.53. The van der Waals surface area contributed by atoms with Crippen molar-refractivity contribution in [2.45, 2.75) is 26.3 Å². The van der Waals surface area contributed by atoms with E-state index in [1.165, 1.54) is 31.8 Å². The first kappa shape index (κ1) is 9.75. The second-order valence-electron chi connectivity index (χ2n) is 3.65. The monoisotopic (exact) mass is 168 g/mol. The highest BCUT2D eigenvalue weighted by molar-refractivity contribution is 4.91. The van der Waals surface area contributed by atoms with Crippen molar-refractivity contribution in [3.8, 4) is 0 Å². The molecule has 1 saturated heterocycles. The molecule has 1 heterocycles. The van der Waals surface area contributed by atoms with E-state index in [0.29, 0.717) is 0 Å². The molecule has 0 radical (unpaired) electrons. The van der Waals surface area contributed by atoms with Crippen molar-refractivity contribution in [1.29, 1.82) is 0 Å². The van der Waals surface area contributed by atoms with Crippen molar-refractivity contribution in [3.63, 3.8) is 0 Å². The van der Waals surface area contributed by atoms with E-state index in [0.717, 1.165) is 12.5 Å². The molecular formula is C10H20N2. The maximum atomic E-state index is 3.92. The Balaban J connectivity index is 2.20. The van der Waals surface area contributed by atoms with Gasteiger partial charge in [-0.2, -0.15) is 0 Å². The summed E-state index contributed by atoms with van der Waals surface area (Å²) >= 11 is 0. The Hall–Kier alpha value is -0.340. The molecule has 0 spiro atoms. The van der Waals surface area contributed by atoms with Gasteiger partial charge in [0.1, 0.15) is 0 Å². The van der Waals surface area contributed by atoms with Crippen molar-refractivity contribution in [2.75, 3.05) is 26.2 Å². The smallest absolute Gasteiger partial charge is 0.0345 e. The van der Waals surface area contributed by atoms with Crippen LogP contribution in [0.25, 0.3) is 0 Å². The van der Waals surface area contributed by atoms with Gasteiger partial charge in [-0.05, 0) is 19.9 Å².